The summed E-state index contributed by atoms with van der Waals surface area (Å²) in [5.41, 5.74) is 0. The summed E-state index contributed by atoms with van der Waals surface area (Å²) < 4.78 is 0. The van der Waals surface area contributed by atoms with Crippen molar-refractivity contribution in [3.05, 3.63) is 0 Å². The van der Waals surface area contributed by atoms with Crippen LogP contribution in [-0.4, -0.2) is 35.7 Å². The number of likely N-dealkylation sites (tertiary alicyclic amines) is 1. The minimum Gasteiger partial charge on any atom is -0.395 e. The van der Waals surface area contributed by atoms with Gasteiger partial charge in [0.2, 0.25) is 0 Å². The fourth-order valence-electron chi connectivity index (χ4n) is 4.24. The Hall–Kier alpha value is -0.0800. The van der Waals surface area contributed by atoms with E-state index in [0.29, 0.717) is 12.6 Å². The van der Waals surface area contributed by atoms with E-state index in [9.17, 15) is 5.11 Å². The molecule has 0 aromatic heterocycles. The molecule has 3 rings (SSSR count). The van der Waals surface area contributed by atoms with Crippen molar-refractivity contribution >= 4 is 0 Å². The Morgan fingerprint density at radius 1 is 1.13 bits per heavy atom. The Bertz CT molecular complexity index is 227. The lowest BCUT2D eigenvalue weighted by atomic mass is 9.88. The zero-order valence-corrected chi connectivity index (χ0v) is 9.57. The molecule has 15 heavy (non-hydrogen) atoms. The molecular formula is C13H23NO. The monoisotopic (exact) mass is 209 g/mol. The number of hydrogen-bond donors (Lipinski definition) is 1. The van der Waals surface area contributed by atoms with E-state index < -0.39 is 0 Å². The third kappa shape index (κ3) is 1.83. The predicted octanol–water partition coefficient (Wildman–Crippen LogP) is 1.88. The summed E-state index contributed by atoms with van der Waals surface area (Å²) in [6.07, 6.45) is 8.52. The highest BCUT2D eigenvalue weighted by atomic mass is 16.3. The second kappa shape index (κ2) is 4.06. The summed E-state index contributed by atoms with van der Waals surface area (Å²) in [7, 11) is 0. The fourth-order valence-corrected chi connectivity index (χ4v) is 4.24. The van der Waals surface area contributed by atoms with E-state index in [2.05, 4.69) is 4.90 Å². The Kier molecular flexibility index (Phi) is 2.73. The van der Waals surface area contributed by atoms with E-state index >= 15 is 0 Å². The molecule has 3 aliphatic rings. The maximum Gasteiger partial charge on any atom is 0.0586 e. The van der Waals surface area contributed by atoms with Gasteiger partial charge in [0.15, 0.2) is 0 Å². The van der Waals surface area contributed by atoms with Crippen LogP contribution in [0.4, 0.5) is 0 Å². The van der Waals surface area contributed by atoms with E-state index in [4.69, 9.17) is 0 Å². The van der Waals surface area contributed by atoms with Crippen LogP contribution in [0.1, 0.15) is 38.5 Å². The molecule has 2 nitrogen and oxygen atoms in total. The third-order valence-electron chi connectivity index (χ3n) is 5.06. The summed E-state index contributed by atoms with van der Waals surface area (Å²) in [5, 5.41) is 9.30. The quantitative estimate of drug-likeness (QED) is 0.767. The molecule has 1 N–H and O–H groups in total. The van der Waals surface area contributed by atoms with Crippen LogP contribution in [0.2, 0.25) is 0 Å². The molecule has 4 atom stereocenters. The zero-order valence-electron chi connectivity index (χ0n) is 9.57. The molecule has 2 heteroatoms. The molecule has 2 aliphatic carbocycles. The van der Waals surface area contributed by atoms with E-state index in [-0.39, 0.29) is 0 Å². The normalized spacial score (nSPS) is 45.4. The van der Waals surface area contributed by atoms with E-state index in [0.717, 1.165) is 17.8 Å². The molecule has 2 bridgehead atoms. The SMILES string of the molecule is OC[C@@H]1CCCN1CC1CC2CCC1C2. The van der Waals surface area contributed by atoms with Crippen LogP contribution in [-0.2, 0) is 0 Å². The summed E-state index contributed by atoms with van der Waals surface area (Å²) in [5.74, 6) is 3.07. The molecule has 1 saturated heterocycles. The average molecular weight is 209 g/mol. The second-order valence-corrected chi connectivity index (χ2v) is 5.91. The van der Waals surface area contributed by atoms with Crippen molar-refractivity contribution in [1.82, 2.24) is 4.90 Å². The van der Waals surface area contributed by atoms with Crippen molar-refractivity contribution in [2.75, 3.05) is 19.7 Å². The Morgan fingerprint density at radius 3 is 2.73 bits per heavy atom. The number of hydrogen-bond acceptors (Lipinski definition) is 2. The van der Waals surface area contributed by atoms with Gasteiger partial charge in [0.25, 0.3) is 0 Å². The minimum absolute atomic E-state index is 0.376. The van der Waals surface area contributed by atoms with Crippen LogP contribution < -0.4 is 0 Å². The standard InChI is InChI=1S/C13H23NO/c15-9-13-2-1-5-14(13)8-12-7-10-3-4-11(12)6-10/h10-13,15H,1-9H2/t10?,11?,12?,13-/m0/s1. The molecule has 1 heterocycles. The molecule has 0 aromatic carbocycles. The maximum absolute atomic E-state index is 9.30. The number of aliphatic hydroxyl groups is 1. The summed E-state index contributed by atoms with van der Waals surface area (Å²) in [6.45, 7) is 2.90. The summed E-state index contributed by atoms with van der Waals surface area (Å²) >= 11 is 0. The predicted molar refractivity (Wildman–Crippen MR) is 60.6 cm³/mol. The van der Waals surface area contributed by atoms with Gasteiger partial charge in [0.1, 0.15) is 0 Å². The highest BCUT2D eigenvalue weighted by Gasteiger charge is 2.41. The van der Waals surface area contributed by atoms with Gasteiger partial charge in [0.05, 0.1) is 6.61 Å². The molecule has 3 unspecified atom stereocenters. The van der Waals surface area contributed by atoms with Gasteiger partial charge < -0.3 is 5.11 Å². The van der Waals surface area contributed by atoms with Crippen LogP contribution in [0.3, 0.4) is 0 Å². The minimum atomic E-state index is 0.376. The van der Waals surface area contributed by atoms with Crippen molar-refractivity contribution in [3.63, 3.8) is 0 Å². The van der Waals surface area contributed by atoms with Crippen molar-refractivity contribution in [1.29, 1.82) is 0 Å². The summed E-state index contributed by atoms with van der Waals surface area (Å²) in [6, 6.07) is 0.490. The fraction of sp³-hybridized carbons (Fsp3) is 1.00. The van der Waals surface area contributed by atoms with Gasteiger partial charge in [-0.3, -0.25) is 4.90 Å². The Morgan fingerprint density at radius 2 is 2.07 bits per heavy atom. The molecule has 0 radical (unpaired) electrons. The molecule has 86 valence electrons. The van der Waals surface area contributed by atoms with Gasteiger partial charge in [-0.1, -0.05) is 6.42 Å². The molecule has 0 aromatic rings. The maximum atomic E-state index is 9.30. The van der Waals surface area contributed by atoms with Gasteiger partial charge in [-0.2, -0.15) is 0 Å². The number of fused-ring (bicyclic) bond motifs is 2. The van der Waals surface area contributed by atoms with Crippen LogP contribution in [0.25, 0.3) is 0 Å². The molecule has 3 fully saturated rings. The number of nitrogens with zero attached hydrogens (tertiary/aromatic N) is 1. The second-order valence-electron chi connectivity index (χ2n) is 5.91. The van der Waals surface area contributed by atoms with Crippen LogP contribution >= 0.6 is 0 Å². The molecule has 0 amide bonds. The highest BCUT2D eigenvalue weighted by molar-refractivity contribution is 4.92. The van der Waals surface area contributed by atoms with Gasteiger partial charge in [0, 0.05) is 12.6 Å². The Balaban J connectivity index is 1.56. The molecule has 1 aliphatic heterocycles. The Labute approximate surface area is 92.7 Å². The topological polar surface area (TPSA) is 23.5 Å². The van der Waals surface area contributed by atoms with Gasteiger partial charge >= 0.3 is 0 Å². The largest absolute Gasteiger partial charge is 0.395 e. The zero-order chi connectivity index (χ0) is 10.3. The van der Waals surface area contributed by atoms with E-state index in [1.54, 1.807) is 0 Å². The van der Waals surface area contributed by atoms with Crippen molar-refractivity contribution in [2.45, 2.75) is 44.6 Å². The van der Waals surface area contributed by atoms with Crippen LogP contribution in [0.5, 0.6) is 0 Å². The first-order valence-corrected chi connectivity index (χ1v) is 6.71. The molecule has 2 saturated carbocycles. The van der Waals surface area contributed by atoms with Crippen molar-refractivity contribution in [3.8, 4) is 0 Å². The highest BCUT2D eigenvalue weighted by Crippen LogP contribution is 2.48. The first-order valence-electron chi connectivity index (χ1n) is 6.71. The van der Waals surface area contributed by atoms with E-state index in [1.165, 1.54) is 51.6 Å². The smallest absolute Gasteiger partial charge is 0.0586 e. The average Bonchev–Trinajstić information content (AvgIpc) is 2.92. The van der Waals surface area contributed by atoms with Crippen molar-refractivity contribution in [2.24, 2.45) is 17.8 Å². The number of aliphatic hydroxyl groups excluding tert-OH is 1. The first-order chi connectivity index (χ1) is 7.36. The molecule has 0 spiro atoms. The summed E-state index contributed by atoms with van der Waals surface area (Å²) in [4.78, 5) is 2.56. The van der Waals surface area contributed by atoms with Crippen molar-refractivity contribution < 1.29 is 5.11 Å². The first kappa shape index (κ1) is 10.1. The van der Waals surface area contributed by atoms with Gasteiger partial charge in [-0.25, -0.2) is 0 Å². The lowest BCUT2D eigenvalue weighted by Gasteiger charge is -2.30. The molecular weight excluding hydrogens is 186 g/mol. The lowest BCUT2D eigenvalue weighted by molar-refractivity contribution is 0.127. The van der Waals surface area contributed by atoms with Gasteiger partial charge in [-0.15, -0.1) is 0 Å². The van der Waals surface area contributed by atoms with Crippen LogP contribution in [0, 0.1) is 17.8 Å². The third-order valence-corrected chi connectivity index (χ3v) is 5.06. The van der Waals surface area contributed by atoms with E-state index in [1.807, 2.05) is 0 Å². The lowest BCUT2D eigenvalue weighted by Crippen LogP contribution is -2.37. The van der Waals surface area contributed by atoms with Gasteiger partial charge in [-0.05, 0) is 56.4 Å². The van der Waals surface area contributed by atoms with Crippen LogP contribution in [0.15, 0.2) is 0 Å². The number of rotatable bonds is 3.